The van der Waals surface area contributed by atoms with Crippen molar-refractivity contribution in [2.45, 2.75) is 12.2 Å². The smallest absolute Gasteiger partial charge is 0.150 e. The molecule has 0 saturated carbocycles. The molecule has 0 bridgehead atoms. The van der Waals surface area contributed by atoms with Gasteiger partial charge in [0.25, 0.3) is 0 Å². The lowest BCUT2D eigenvalue weighted by molar-refractivity contribution is 0.387. The maximum atomic E-state index is 6.07. The fraction of sp³-hybridized carbons (Fsp3) is 0.333. The minimum Gasteiger partial charge on any atom is -0.455 e. The van der Waals surface area contributed by atoms with Crippen LogP contribution in [0, 0.1) is 0 Å². The first-order valence-corrected chi connectivity index (χ1v) is 7.68. The average Bonchev–Trinajstić information content (AvgIpc) is 3.44. The lowest BCUT2D eigenvalue weighted by atomic mass is 10.2. The summed E-state index contributed by atoms with van der Waals surface area (Å²) in [6.07, 6.45) is 0.673. The second-order valence-electron chi connectivity index (χ2n) is 5.70. The van der Waals surface area contributed by atoms with Crippen molar-refractivity contribution in [3.8, 4) is 11.5 Å². The van der Waals surface area contributed by atoms with Gasteiger partial charge < -0.3 is 19.1 Å². The van der Waals surface area contributed by atoms with Gasteiger partial charge in [0.1, 0.15) is 5.75 Å². The van der Waals surface area contributed by atoms with Crippen molar-refractivity contribution in [1.82, 2.24) is 0 Å². The minimum atomic E-state index is 0.337. The molecule has 0 spiro atoms. The van der Waals surface area contributed by atoms with Gasteiger partial charge in [-0.1, -0.05) is 30.3 Å². The summed E-state index contributed by atoms with van der Waals surface area (Å²) in [6, 6.07) is 18.0. The zero-order valence-corrected chi connectivity index (χ0v) is 12.4. The summed E-state index contributed by atoms with van der Waals surface area (Å²) < 4.78 is 16.9. The van der Waals surface area contributed by atoms with Crippen molar-refractivity contribution in [2.75, 3.05) is 31.2 Å². The number of epoxide rings is 2. The number of anilines is 1. The zero-order chi connectivity index (χ0) is 14.8. The Bertz CT molecular complexity index is 609. The molecular formula is C18H19NO3. The standard InChI is InChI=1S/C18H19NO3/c1-2-6-14(7-3-1)22-18-9-5-4-8-17(18)19(10-15-12-20-15)11-16-13-21-16/h1-9,15-16H,10-13H2. The van der Waals surface area contributed by atoms with E-state index >= 15 is 0 Å². The van der Waals surface area contributed by atoms with Crippen LogP contribution < -0.4 is 9.64 Å². The van der Waals surface area contributed by atoms with Gasteiger partial charge in [0.05, 0.1) is 31.1 Å². The maximum Gasteiger partial charge on any atom is 0.150 e. The summed E-state index contributed by atoms with van der Waals surface area (Å²) in [4.78, 5) is 2.31. The van der Waals surface area contributed by atoms with Crippen LogP contribution in [0.15, 0.2) is 54.6 Å². The average molecular weight is 297 g/mol. The topological polar surface area (TPSA) is 37.5 Å². The van der Waals surface area contributed by atoms with E-state index in [1.807, 2.05) is 48.5 Å². The van der Waals surface area contributed by atoms with E-state index in [0.717, 1.165) is 43.5 Å². The zero-order valence-electron chi connectivity index (χ0n) is 12.4. The number of nitrogens with zero attached hydrogens (tertiary/aromatic N) is 1. The van der Waals surface area contributed by atoms with Gasteiger partial charge in [-0.25, -0.2) is 0 Å². The third kappa shape index (κ3) is 3.40. The highest BCUT2D eigenvalue weighted by molar-refractivity contribution is 5.60. The fourth-order valence-electron chi connectivity index (χ4n) is 2.53. The van der Waals surface area contributed by atoms with E-state index in [1.54, 1.807) is 0 Å². The third-order valence-electron chi connectivity index (χ3n) is 3.83. The quantitative estimate of drug-likeness (QED) is 0.736. The molecule has 2 fully saturated rings. The van der Waals surface area contributed by atoms with Crippen molar-refractivity contribution in [2.24, 2.45) is 0 Å². The molecule has 4 nitrogen and oxygen atoms in total. The molecule has 114 valence electrons. The molecule has 0 aliphatic carbocycles. The summed E-state index contributed by atoms with van der Waals surface area (Å²) in [7, 11) is 0. The van der Waals surface area contributed by atoms with Crippen LogP contribution in [0.5, 0.6) is 11.5 Å². The molecule has 4 heteroatoms. The van der Waals surface area contributed by atoms with E-state index in [4.69, 9.17) is 14.2 Å². The Morgan fingerprint density at radius 1 is 0.864 bits per heavy atom. The Morgan fingerprint density at radius 3 is 2.09 bits per heavy atom. The van der Waals surface area contributed by atoms with E-state index in [2.05, 4.69) is 11.0 Å². The van der Waals surface area contributed by atoms with Gasteiger partial charge in [-0.2, -0.15) is 0 Å². The Hall–Kier alpha value is -2.04. The number of hydrogen-bond donors (Lipinski definition) is 0. The molecule has 2 aromatic rings. The molecule has 2 aliphatic rings. The molecule has 2 saturated heterocycles. The number of para-hydroxylation sites is 3. The Morgan fingerprint density at radius 2 is 1.45 bits per heavy atom. The first-order chi connectivity index (χ1) is 10.9. The van der Waals surface area contributed by atoms with Crippen LogP contribution in [0.3, 0.4) is 0 Å². The second kappa shape index (κ2) is 5.99. The van der Waals surface area contributed by atoms with Gasteiger partial charge in [-0.05, 0) is 24.3 Å². The summed E-state index contributed by atoms with van der Waals surface area (Å²) in [6.45, 7) is 3.47. The van der Waals surface area contributed by atoms with E-state index < -0.39 is 0 Å². The number of hydrogen-bond acceptors (Lipinski definition) is 4. The van der Waals surface area contributed by atoms with Gasteiger partial charge in [-0.15, -0.1) is 0 Å². The number of ether oxygens (including phenoxy) is 3. The van der Waals surface area contributed by atoms with Crippen LogP contribution >= 0.6 is 0 Å². The summed E-state index contributed by atoms with van der Waals surface area (Å²) in [5, 5.41) is 0. The molecule has 22 heavy (non-hydrogen) atoms. The van der Waals surface area contributed by atoms with Crippen LogP contribution in [0.2, 0.25) is 0 Å². The van der Waals surface area contributed by atoms with Crippen LogP contribution in [0.4, 0.5) is 5.69 Å². The van der Waals surface area contributed by atoms with Gasteiger partial charge in [-0.3, -0.25) is 0 Å². The van der Waals surface area contributed by atoms with Crippen LogP contribution in [0.25, 0.3) is 0 Å². The minimum absolute atomic E-state index is 0.337. The van der Waals surface area contributed by atoms with Crippen molar-refractivity contribution in [1.29, 1.82) is 0 Å². The Labute approximate surface area is 130 Å². The van der Waals surface area contributed by atoms with Crippen LogP contribution in [0.1, 0.15) is 0 Å². The van der Waals surface area contributed by atoms with Gasteiger partial charge in [0, 0.05) is 13.1 Å². The fourth-order valence-corrected chi connectivity index (χ4v) is 2.53. The Kier molecular flexibility index (Phi) is 3.70. The number of rotatable bonds is 7. The third-order valence-corrected chi connectivity index (χ3v) is 3.83. The molecule has 2 heterocycles. The largest absolute Gasteiger partial charge is 0.455 e. The number of benzene rings is 2. The molecule has 0 N–H and O–H groups in total. The van der Waals surface area contributed by atoms with Gasteiger partial charge in [0.15, 0.2) is 5.75 Å². The SMILES string of the molecule is c1ccc(Oc2ccccc2N(CC2CO2)CC2CO2)cc1. The predicted octanol–water partition coefficient (Wildman–Crippen LogP) is 3.08. The normalized spacial score (nSPS) is 22.2. The summed E-state index contributed by atoms with van der Waals surface area (Å²) in [5.74, 6) is 1.72. The molecule has 0 radical (unpaired) electrons. The van der Waals surface area contributed by atoms with E-state index in [9.17, 15) is 0 Å². The van der Waals surface area contributed by atoms with Crippen molar-refractivity contribution in [3.05, 3.63) is 54.6 Å². The van der Waals surface area contributed by atoms with Crippen molar-refractivity contribution >= 4 is 5.69 Å². The van der Waals surface area contributed by atoms with Crippen molar-refractivity contribution < 1.29 is 14.2 Å². The van der Waals surface area contributed by atoms with Crippen LogP contribution in [-0.4, -0.2) is 38.5 Å². The van der Waals surface area contributed by atoms with E-state index in [-0.39, 0.29) is 0 Å². The first-order valence-electron chi connectivity index (χ1n) is 7.68. The summed E-state index contributed by atoms with van der Waals surface area (Å²) in [5.41, 5.74) is 1.09. The maximum absolute atomic E-state index is 6.07. The van der Waals surface area contributed by atoms with Crippen molar-refractivity contribution in [3.63, 3.8) is 0 Å². The molecule has 2 aromatic carbocycles. The molecular weight excluding hydrogens is 278 g/mol. The lowest BCUT2D eigenvalue weighted by Crippen LogP contribution is -2.31. The first kappa shape index (κ1) is 13.6. The monoisotopic (exact) mass is 297 g/mol. The highest BCUT2D eigenvalue weighted by Crippen LogP contribution is 2.34. The molecule has 0 amide bonds. The Balaban J connectivity index is 1.58. The highest BCUT2D eigenvalue weighted by atomic mass is 16.6. The summed E-state index contributed by atoms with van der Waals surface area (Å²) >= 11 is 0. The van der Waals surface area contributed by atoms with E-state index in [0.29, 0.717) is 12.2 Å². The molecule has 2 atom stereocenters. The molecule has 2 unspecified atom stereocenters. The van der Waals surface area contributed by atoms with Gasteiger partial charge in [0.2, 0.25) is 0 Å². The highest BCUT2D eigenvalue weighted by Gasteiger charge is 2.31. The lowest BCUT2D eigenvalue weighted by Gasteiger charge is -2.25. The van der Waals surface area contributed by atoms with Gasteiger partial charge >= 0.3 is 0 Å². The second-order valence-corrected chi connectivity index (χ2v) is 5.70. The van der Waals surface area contributed by atoms with E-state index in [1.165, 1.54) is 0 Å². The predicted molar refractivity (Wildman–Crippen MR) is 84.7 cm³/mol. The van der Waals surface area contributed by atoms with Crippen LogP contribution in [-0.2, 0) is 9.47 Å². The molecule has 2 aliphatic heterocycles. The molecule has 0 aromatic heterocycles. The molecule has 4 rings (SSSR count).